The Balaban J connectivity index is 2.21. The van der Waals surface area contributed by atoms with Crippen LogP contribution in [0.2, 0.25) is 0 Å². The van der Waals surface area contributed by atoms with Crippen molar-refractivity contribution in [3.05, 3.63) is 29.8 Å². The number of hydrogen-bond donors (Lipinski definition) is 1. The molecule has 1 aromatic rings. The third-order valence-corrected chi connectivity index (χ3v) is 5.72. The van der Waals surface area contributed by atoms with Gasteiger partial charge in [-0.1, -0.05) is 32.0 Å². The van der Waals surface area contributed by atoms with E-state index in [2.05, 4.69) is 5.32 Å². The third kappa shape index (κ3) is 2.26. The predicted octanol–water partition coefficient (Wildman–Crippen LogP) is 1.14. The average molecular weight is 360 g/mol. The van der Waals surface area contributed by atoms with Crippen LogP contribution in [-0.4, -0.2) is 49.5 Å². The number of rotatable bonds is 4. The van der Waals surface area contributed by atoms with Crippen molar-refractivity contribution in [2.45, 2.75) is 25.4 Å². The molecule has 2 heterocycles. The maximum Gasteiger partial charge on any atom is 0.327 e. The number of imide groups is 1. The van der Waals surface area contributed by atoms with E-state index in [9.17, 15) is 14.4 Å². The van der Waals surface area contributed by atoms with Crippen LogP contribution in [0.15, 0.2) is 24.3 Å². The summed E-state index contributed by atoms with van der Waals surface area (Å²) >= 11 is 0. The van der Waals surface area contributed by atoms with Crippen molar-refractivity contribution in [1.29, 1.82) is 0 Å². The molecule has 0 aliphatic carbocycles. The molecule has 7 heteroatoms. The molecule has 0 unspecified atom stereocenters. The van der Waals surface area contributed by atoms with Crippen LogP contribution in [-0.2, 0) is 19.1 Å². The standard InChI is InChI=1S/C19H24N2O5/c1-10(2)19(18(24)26-5)14-13(16(22)21(3)17(14)23)15(20-19)11-8-6-7-9-12(11)25-4/h6-10,13-15,20H,1-5H3/t13-,14-,15-,19+/m0/s1. The van der Waals surface area contributed by atoms with Gasteiger partial charge in [0.25, 0.3) is 0 Å². The molecule has 2 aliphatic heterocycles. The number of carbonyl (C=O) groups excluding carboxylic acids is 3. The van der Waals surface area contributed by atoms with Crippen LogP contribution in [0.1, 0.15) is 25.5 Å². The van der Waals surface area contributed by atoms with Gasteiger partial charge in [-0.05, 0) is 12.0 Å². The van der Waals surface area contributed by atoms with Gasteiger partial charge in [-0.2, -0.15) is 0 Å². The molecule has 0 aromatic heterocycles. The Bertz CT molecular complexity index is 762. The molecule has 2 amide bonds. The number of nitrogens with zero attached hydrogens (tertiary/aromatic N) is 1. The van der Waals surface area contributed by atoms with Crippen molar-refractivity contribution in [2.75, 3.05) is 21.3 Å². The Morgan fingerprint density at radius 1 is 1.19 bits per heavy atom. The number of esters is 1. The monoisotopic (exact) mass is 360 g/mol. The first kappa shape index (κ1) is 18.4. The lowest BCUT2D eigenvalue weighted by Gasteiger charge is -2.35. The summed E-state index contributed by atoms with van der Waals surface area (Å²) in [6.07, 6.45) is 0. The van der Waals surface area contributed by atoms with Crippen molar-refractivity contribution >= 4 is 17.8 Å². The molecule has 1 N–H and O–H groups in total. The first-order valence-corrected chi connectivity index (χ1v) is 8.61. The number of para-hydroxylation sites is 1. The van der Waals surface area contributed by atoms with Gasteiger partial charge in [-0.15, -0.1) is 0 Å². The summed E-state index contributed by atoms with van der Waals surface area (Å²) in [6.45, 7) is 3.70. The van der Waals surface area contributed by atoms with E-state index < -0.39 is 29.4 Å². The van der Waals surface area contributed by atoms with Gasteiger partial charge < -0.3 is 9.47 Å². The summed E-state index contributed by atoms with van der Waals surface area (Å²) in [4.78, 5) is 39.7. The van der Waals surface area contributed by atoms with Crippen LogP contribution in [0.25, 0.3) is 0 Å². The number of methoxy groups -OCH3 is 2. The number of benzene rings is 1. The highest BCUT2D eigenvalue weighted by molar-refractivity contribution is 6.09. The number of hydrogen-bond acceptors (Lipinski definition) is 6. The topological polar surface area (TPSA) is 84.9 Å². The van der Waals surface area contributed by atoms with Crippen molar-refractivity contribution in [3.63, 3.8) is 0 Å². The third-order valence-electron chi connectivity index (χ3n) is 5.72. The Hall–Kier alpha value is -2.41. The normalized spacial score (nSPS) is 30.7. The number of amides is 2. The number of likely N-dealkylation sites (tertiary alicyclic amines) is 1. The zero-order valence-corrected chi connectivity index (χ0v) is 15.6. The molecule has 3 rings (SSSR count). The van der Waals surface area contributed by atoms with Gasteiger partial charge in [-0.3, -0.25) is 24.6 Å². The SMILES string of the molecule is COC(=O)[C@]1(C(C)C)N[C@@H](c2ccccc2OC)[C@H]2C(=O)N(C)C(=O)[C@H]21. The highest BCUT2D eigenvalue weighted by Crippen LogP contribution is 2.52. The van der Waals surface area contributed by atoms with Crippen molar-refractivity contribution in [3.8, 4) is 5.75 Å². The average Bonchev–Trinajstić information content (AvgIpc) is 3.12. The molecular weight excluding hydrogens is 336 g/mol. The summed E-state index contributed by atoms with van der Waals surface area (Å²) in [5.41, 5.74) is -0.532. The summed E-state index contributed by atoms with van der Waals surface area (Å²) in [5.74, 6) is -2.35. The predicted molar refractivity (Wildman–Crippen MR) is 93.2 cm³/mol. The van der Waals surface area contributed by atoms with Gasteiger partial charge in [0, 0.05) is 18.7 Å². The number of nitrogens with one attached hydrogen (secondary N) is 1. The molecule has 0 radical (unpaired) electrons. The van der Waals surface area contributed by atoms with E-state index in [0.717, 1.165) is 10.5 Å². The van der Waals surface area contributed by atoms with E-state index in [1.54, 1.807) is 13.2 Å². The Morgan fingerprint density at radius 2 is 1.85 bits per heavy atom. The lowest BCUT2D eigenvalue weighted by Crippen LogP contribution is -2.59. The number of fused-ring (bicyclic) bond motifs is 1. The fourth-order valence-electron chi connectivity index (χ4n) is 4.40. The maximum absolute atomic E-state index is 12.9. The summed E-state index contributed by atoms with van der Waals surface area (Å²) < 4.78 is 10.5. The van der Waals surface area contributed by atoms with Crippen molar-refractivity contribution in [2.24, 2.45) is 17.8 Å². The Labute approximate surface area is 152 Å². The first-order chi connectivity index (χ1) is 12.3. The second-order valence-electron chi connectivity index (χ2n) is 7.12. The van der Waals surface area contributed by atoms with E-state index in [1.807, 2.05) is 32.0 Å². The highest BCUT2D eigenvalue weighted by Gasteiger charge is 2.69. The molecule has 0 saturated carbocycles. The van der Waals surface area contributed by atoms with Crippen LogP contribution in [0.4, 0.5) is 0 Å². The van der Waals surface area contributed by atoms with Gasteiger partial charge in [-0.25, -0.2) is 0 Å². The molecule has 140 valence electrons. The molecule has 26 heavy (non-hydrogen) atoms. The molecule has 2 saturated heterocycles. The minimum atomic E-state index is -1.28. The van der Waals surface area contributed by atoms with Gasteiger partial charge in [0.15, 0.2) is 0 Å². The summed E-state index contributed by atoms with van der Waals surface area (Å²) in [5, 5.41) is 3.31. The quantitative estimate of drug-likeness (QED) is 0.640. The zero-order chi connectivity index (χ0) is 19.2. The van der Waals surface area contributed by atoms with Crippen LogP contribution in [0.5, 0.6) is 5.75 Å². The zero-order valence-electron chi connectivity index (χ0n) is 15.6. The van der Waals surface area contributed by atoms with Gasteiger partial charge in [0.1, 0.15) is 11.3 Å². The number of carbonyl (C=O) groups is 3. The van der Waals surface area contributed by atoms with Gasteiger partial charge in [0.2, 0.25) is 11.8 Å². The van der Waals surface area contributed by atoms with Crippen LogP contribution in [0.3, 0.4) is 0 Å². The lowest BCUT2D eigenvalue weighted by atomic mass is 9.73. The largest absolute Gasteiger partial charge is 0.496 e. The fourth-order valence-corrected chi connectivity index (χ4v) is 4.40. The van der Waals surface area contributed by atoms with Crippen molar-refractivity contribution in [1.82, 2.24) is 10.2 Å². The molecule has 2 fully saturated rings. The van der Waals surface area contributed by atoms with Crippen LogP contribution >= 0.6 is 0 Å². The highest BCUT2D eigenvalue weighted by atomic mass is 16.5. The van der Waals surface area contributed by atoms with E-state index in [-0.39, 0.29) is 17.7 Å². The molecular formula is C19H24N2O5. The van der Waals surface area contributed by atoms with Gasteiger partial charge in [0.05, 0.1) is 26.1 Å². The molecule has 1 aromatic carbocycles. The Morgan fingerprint density at radius 3 is 2.42 bits per heavy atom. The van der Waals surface area contributed by atoms with E-state index >= 15 is 0 Å². The van der Waals surface area contributed by atoms with Crippen molar-refractivity contribution < 1.29 is 23.9 Å². The van der Waals surface area contributed by atoms with Crippen LogP contribution in [0, 0.1) is 17.8 Å². The Kier molecular flexibility index (Phi) is 4.52. The minimum absolute atomic E-state index is 0.259. The van der Waals surface area contributed by atoms with E-state index in [4.69, 9.17) is 9.47 Å². The lowest BCUT2D eigenvalue weighted by molar-refractivity contribution is -0.156. The van der Waals surface area contributed by atoms with E-state index in [1.165, 1.54) is 14.2 Å². The fraction of sp³-hybridized carbons (Fsp3) is 0.526. The smallest absolute Gasteiger partial charge is 0.327 e. The molecule has 2 aliphatic rings. The second kappa shape index (κ2) is 6.39. The summed E-state index contributed by atoms with van der Waals surface area (Å²) in [6, 6.07) is 6.78. The second-order valence-corrected chi connectivity index (χ2v) is 7.12. The molecule has 0 spiro atoms. The van der Waals surface area contributed by atoms with E-state index in [0.29, 0.717) is 5.75 Å². The summed E-state index contributed by atoms with van der Waals surface area (Å²) in [7, 11) is 4.31. The van der Waals surface area contributed by atoms with Gasteiger partial charge >= 0.3 is 5.97 Å². The maximum atomic E-state index is 12.9. The first-order valence-electron chi connectivity index (χ1n) is 8.61. The molecule has 4 atom stereocenters. The molecule has 7 nitrogen and oxygen atoms in total. The minimum Gasteiger partial charge on any atom is -0.496 e. The van der Waals surface area contributed by atoms with Crippen LogP contribution < -0.4 is 10.1 Å². The number of ether oxygens (including phenoxy) is 2. The molecule has 0 bridgehead atoms.